The molecule has 23 heavy (non-hydrogen) atoms. The molecular formula is C14H12BrN3O3S2. The molecule has 3 rings (SSSR count). The molecule has 9 heteroatoms. The number of nitrogens with one attached hydrogen (secondary N) is 1. The van der Waals surface area contributed by atoms with Gasteiger partial charge in [0.2, 0.25) is 10.0 Å². The first-order valence-electron chi connectivity index (χ1n) is 6.54. The third-order valence-electron chi connectivity index (χ3n) is 3.22. The molecule has 120 valence electrons. The molecule has 1 aliphatic rings. The van der Waals surface area contributed by atoms with E-state index >= 15 is 0 Å². The second kappa shape index (κ2) is 6.52. The average molecular weight is 414 g/mol. The number of sulfonamides is 1. The van der Waals surface area contributed by atoms with Gasteiger partial charge in [0, 0.05) is 6.54 Å². The van der Waals surface area contributed by atoms with Gasteiger partial charge in [-0.2, -0.15) is 8.73 Å². The lowest BCUT2D eigenvalue weighted by atomic mass is 10.2. The molecule has 0 saturated heterocycles. The topological polar surface area (TPSA) is 80.1 Å². The molecular weight excluding hydrogens is 402 g/mol. The number of nitrogens with zero attached hydrogens (tertiary/aromatic N) is 2. The van der Waals surface area contributed by atoms with E-state index in [2.05, 4.69) is 29.4 Å². The highest BCUT2D eigenvalue weighted by Crippen LogP contribution is 2.37. The van der Waals surface area contributed by atoms with Gasteiger partial charge in [-0.3, -0.25) is 0 Å². The maximum absolute atomic E-state index is 12.5. The second-order valence-electron chi connectivity index (χ2n) is 4.68. The third-order valence-corrected chi connectivity index (χ3v) is 5.82. The van der Waals surface area contributed by atoms with E-state index in [1.54, 1.807) is 31.4 Å². The van der Waals surface area contributed by atoms with E-state index in [0.717, 1.165) is 21.4 Å². The number of methoxy groups -OCH3 is 1. The quantitative estimate of drug-likeness (QED) is 0.692. The summed E-state index contributed by atoms with van der Waals surface area (Å²) in [5, 5.41) is 0. The fourth-order valence-electron chi connectivity index (χ4n) is 2.07. The number of fused-ring (bicyclic) bond motifs is 1. The largest absolute Gasteiger partial charge is 0.496 e. The van der Waals surface area contributed by atoms with E-state index in [9.17, 15) is 8.42 Å². The van der Waals surface area contributed by atoms with Crippen molar-refractivity contribution in [1.29, 1.82) is 0 Å². The minimum atomic E-state index is -3.68. The highest BCUT2D eigenvalue weighted by atomic mass is 79.9. The van der Waals surface area contributed by atoms with Gasteiger partial charge in [-0.05, 0) is 45.8 Å². The molecule has 6 nitrogen and oxygen atoms in total. The van der Waals surface area contributed by atoms with E-state index in [-0.39, 0.29) is 11.4 Å². The summed E-state index contributed by atoms with van der Waals surface area (Å²) in [6.07, 6.45) is 0. The van der Waals surface area contributed by atoms with E-state index < -0.39 is 10.0 Å². The summed E-state index contributed by atoms with van der Waals surface area (Å²) >= 11 is 4.37. The number of rotatable bonds is 5. The number of benzene rings is 2. The Kier molecular flexibility index (Phi) is 4.62. The molecule has 1 N–H and O–H groups in total. The summed E-state index contributed by atoms with van der Waals surface area (Å²) in [6, 6.07) is 10.3. The van der Waals surface area contributed by atoms with E-state index in [4.69, 9.17) is 4.74 Å². The Bertz CT molecular complexity index is 938. The number of ether oxygens (including phenoxy) is 1. The van der Waals surface area contributed by atoms with Crippen LogP contribution in [-0.2, 0) is 27.9 Å². The molecule has 0 amide bonds. The van der Waals surface area contributed by atoms with Crippen molar-refractivity contribution in [3.05, 3.63) is 46.4 Å². The normalized spacial score (nSPS) is 12.8. The minimum absolute atomic E-state index is 0.135. The first-order chi connectivity index (χ1) is 11.0. The van der Waals surface area contributed by atoms with Gasteiger partial charge < -0.3 is 4.74 Å². The summed E-state index contributed by atoms with van der Waals surface area (Å²) in [6.45, 7) is 0.166. The highest BCUT2D eigenvalue weighted by molar-refractivity contribution is 9.10. The Morgan fingerprint density at radius 2 is 2.09 bits per heavy atom. The van der Waals surface area contributed by atoms with E-state index in [1.807, 2.05) is 6.07 Å². The molecule has 0 aromatic heterocycles. The Labute approximate surface area is 145 Å². The monoisotopic (exact) mass is 413 g/mol. The summed E-state index contributed by atoms with van der Waals surface area (Å²) in [5.41, 5.74) is 1.77. The van der Waals surface area contributed by atoms with Crippen LogP contribution < -0.4 is 9.46 Å². The van der Waals surface area contributed by atoms with Crippen LogP contribution in [0.25, 0.3) is 0 Å². The number of hydrogen-bond acceptors (Lipinski definition) is 5. The van der Waals surface area contributed by atoms with Gasteiger partial charge in [0.1, 0.15) is 22.0 Å². The summed E-state index contributed by atoms with van der Waals surface area (Å²) in [4.78, 5) is 0.135. The minimum Gasteiger partial charge on any atom is -0.496 e. The molecule has 2 aromatic rings. The molecule has 0 atom stereocenters. The third kappa shape index (κ3) is 3.37. The van der Waals surface area contributed by atoms with Crippen LogP contribution >= 0.6 is 15.9 Å². The Hall–Kier alpha value is -1.55. The predicted molar refractivity (Wildman–Crippen MR) is 92.7 cm³/mol. The van der Waals surface area contributed by atoms with Gasteiger partial charge in [0.05, 0.1) is 22.9 Å². The lowest BCUT2D eigenvalue weighted by Gasteiger charge is -2.10. The van der Waals surface area contributed by atoms with Crippen molar-refractivity contribution in [3.63, 3.8) is 0 Å². The van der Waals surface area contributed by atoms with Crippen LogP contribution in [0.3, 0.4) is 0 Å². The van der Waals surface area contributed by atoms with Crippen LogP contribution in [0.2, 0.25) is 0 Å². The van der Waals surface area contributed by atoms with Crippen molar-refractivity contribution < 1.29 is 13.2 Å². The molecule has 1 aliphatic heterocycles. The molecule has 1 heterocycles. The van der Waals surface area contributed by atoms with Crippen molar-refractivity contribution >= 4 is 48.7 Å². The van der Waals surface area contributed by atoms with Crippen LogP contribution in [0, 0.1) is 0 Å². The van der Waals surface area contributed by atoms with Gasteiger partial charge in [-0.15, -0.1) is 0 Å². The fourth-order valence-corrected chi connectivity index (χ4v) is 4.44. The van der Waals surface area contributed by atoms with Crippen LogP contribution in [-0.4, -0.2) is 15.5 Å². The Balaban J connectivity index is 1.82. The fraction of sp³-hybridized carbons (Fsp3) is 0.143. The lowest BCUT2D eigenvalue weighted by Crippen LogP contribution is -2.23. The van der Waals surface area contributed by atoms with Crippen LogP contribution in [0.4, 0.5) is 11.4 Å². The van der Waals surface area contributed by atoms with E-state index in [0.29, 0.717) is 17.1 Å². The molecule has 0 unspecified atom stereocenters. The standard InChI is InChI=1S/C14H12BrN3O3S2/c1-21-12-6-5-9(7-10(12)15)8-16-23(19,20)13-4-2-3-11-14(13)18-22-17-11/h2-7,16H,8H2,1H3. The zero-order valence-electron chi connectivity index (χ0n) is 12.0. The molecule has 0 radical (unpaired) electrons. The second-order valence-corrected chi connectivity index (χ2v) is 7.80. The number of halogens is 1. The molecule has 0 saturated carbocycles. The van der Waals surface area contributed by atoms with Crippen LogP contribution in [0.15, 0.2) is 54.5 Å². The Morgan fingerprint density at radius 1 is 1.26 bits per heavy atom. The molecule has 0 aliphatic carbocycles. The lowest BCUT2D eigenvalue weighted by molar-refractivity contribution is 0.412. The van der Waals surface area contributed by atoms with Crippen LogP contribution in [0.5, 0.6) is 5.75 Å². The Morgan fingerprint density at radius 3 is 2.83 bits per heavy atom. The highest BCUT2D eigenvalue weighted by Gasteiger charge is 2.22. The van der Waals surface area contributed by atoms with Gasteiger partial charge in [-0.25, -0.2) is 13.1 Å². The molecule has 0 bridgehead atoms. The van der Waals surface area contributed by atoms with Crippen LogP contribution in [0.1, 0.15) is 5.56 Å². The summed E-state index contributed by atoms with van der Waals surface area (Å²) in [5.74, 6) is 0.690. The SMILES string of the molecule is COc1ccc(CNS(=O)(=O)c2cccc3c2N=S=N3)cc1Br. The van der Waals surface area contributed by atoms with Crippen molar-refractivity contribution in [2.24, 2.45) is 8.73 Å². The smallest absolute Gasteiger partial charge is 0.243 e. The van der Waals surface area contributed by atoms with Crippen molar-refractivity contribution in [2.45, 2.75) is 11.4 Å². The number of hydrogen-bond donors (Lipinski definition) is 1. The van der Waals surface area contributed by atoms with Gasteiger partial charge in [0.15, 0.2) is 0 Å². The van der Waals surface area contributed by atoms with Gasteiger partial charge in [-0.1, -0.05) is 12.1 Å². The molecule has 0 spiro atoms. The van der Waals surface area contributed by atoms with Crippen molar-refractivity contribution in [3.8, 4) is 5.75 Å². The predicted octanol–water partition coefficient (Wildman–Crippen LogP) is 3.66. The first-order valence-corrected chi connectivity index (χ1v) is 9.55. The van der Waals surface area contributed by atoms with Gasteiger partial charge in [0.25, 0.3) is 0 Å². The summed E-state index contributed by atoms with van der Waals surface area (Å²) in [7, 11) is -2.10. The summed E-state index contributed by atoms with van der Waals surface area (Å²) < 4.78 is 41.7. The first kappa shape index (κ1) is 16.3. The zero-order valence-corrected chi connectivity index (χ0v) is 15.2. The maximum atomic E-state index is 12.5. The van der Waals surface area contributed by atoms with E-state index in [1.165, 1.54) is 6.07 Å². The van der Waals surface area contributed by atoms with Crippen molar-refractivity contribution in [2.75, 3.05) is 7.11 Å². The zero-order chi connectivity index (χ0) is 16.4. The maximum Gasteiger partial charge on any atom is 0.243 e. The van der Waals surface area contributed by atoms with Crippen molar-refractivity contribution in [1.82, 2.24) is 4.72 Å². The molecule has 0 fully saturated rings. The van der Waals surface area contributed by atoms with Gasteiger partial charge >= 0.3 is 0 Å². The molecule has 2 aromatic carbocycles. The average Bonchev–Trinajstić information content (AvgIpc) is 3.01.